The predicted octanol–water partition coefficient (Wildman–Crippen LogP) is 7.48. The first-order valence-corrected chi connectivity index (χ1v) is 11.1. The highest BCUT2D eigenvalue weighted by Crippen LogP contribution is 2.44. The lowest BCUT2D eigenvalue weighted by atomic mass is 9.77. The fourth-order valence-electron chi connectivity index (χ4n) is 3.78. The van der Waals surface area contributed by atoms with Crippen LogP contribution >= 0.6 is 23.4 Å². The van der Waals surface area contributed by atoms with Crippen molar-refractivity contribution in [3.8, 4) is 0 Å². The molecule has 30 heavy (non-hydrogen) atoms. The Morgan fingerprint density at radius 2 is 1.87 bits per heavy atom. The van der Waals surface area contributed by atoms with Crippen molar-refractivity contribution in [1.29, 1.82) is 0 Å². The summed E-state index contributed by atoms with van der Waals surface area (Å²) in [7, 11) is 0. The van der Waals surface area contributed by atoms with Crippen molar-refractivity contribution in [3.63, 3.8) is 0 Å². The van der Waals surface area contributed by atoms with Gasteiger partial charge < -0.3 is 5.32 Å². The summed E-state index contributed by atoms with van der Waals surface area (Å²) < 4.78 is 39.9. The summed E-state index contributed by atoms with van der Waals surface area (Å²) in [6.45, 7) is 8.58. The van der Waals surface area contributed by atoms with E-state index in [0.29, 0.717) is 27.7 Å². The second-order valence-corrected chi connectivity index (χ2v) is 9.39. The molecule has 0 bridgehead atoms. The first-order chi connectivity index (χ1) is 14.2. The highest BCUT2D eigenvalue weighted by atomic mass is 35.5. The number of carbonyl (C=O) groups excluding carboxylic acids is 1. The van der Waals surface area contributed by atoms with Gasteiger partial charge in [0.2, 0.25) is 0 Å². The van der Waals surface area contributed by atoms with Crippen LogP contribution in [0.15, 0.2) is 47.4 Å². The van der Waals surface area contributed by atoms with E-state index in [1.807, 2.05) is 0 Å². The smallest absolute Gasteiger partial charge is 0.255 e. The number of rotatable bonds is 5. The molecule has 160 valence electrons. The third-order valence-corrected chi connectivity index (χ3v) is 7.29. The van der Waals surface area contributed by atoms with Crippen molar-refractivity contribution in [2.75, 3.05) is 5.32 Å². The van der Waals surface area contributed by atoms with E-state index in [4.69, 9.17) is 11.6 Å². The van der Waals surface area contributed by atoms with Gasteiger partial charge in [0.25, 0.3) is 5.91 Å². The Kier molecular flexibility index (Phi) is 7.19. The Balaban J connectivity index is 1.76. The molecule has 0 heterocycles. The molecule has 1 aliphatic carbocycles. The summed E-state index contributed by atoms with van der Waals surface area (Å²) >= 11 is 8.00. The molecule has 2 nitrogen and oxygen atoms in total. The molecule has 1 fully saturated rings. The molecule has 1 amide bonds. The second-order valence-electron chi connectivity index (χ2n) is 7.65. The first kappa shape index (κ1) is 22.8. The van der Waals surface area contributed by atoms with Crippen molar-refractivity contribution >= 4 is 35.0 Å². The van der Waals surface area contributed by atoms with E-state index in [-0.39, 0.29) is 5.69 Å². The molecule has 0 spiro atoms. The standard InChI is InChI=1S/C23H23ClF3NOS/c1-4-14-8-17(7-12(2)13(14)3)30-21-9-15(5-6-18(21)24)23(29)28-16-10-19(25)22(27)20(26)11-16/h5-6,9-12,14,17H,3-4,7-8H2,1-2H3,(H,28,29). The van der Waals surface area contributed by atoms with E-state index in [1.54, 1.807) is 23.9 Å². The zero-order valence-electron chi connectivity index (χ0n) is 16.8. The van der Waals surface area contributed by atoms with Crippen molar-refractivity contribution in [3.05, 3.63) is 70.5 Å². The third-order valence-electron chi connectivity index (χ3n) is 5.54. The first-order valence-electron chi connectivity index (χ1n) is 9.80. The molecule has 7 heteroatoms. The Morgan fingerprint density at radius 1 is 1.20 bits per heavy atom. The fourth-order valence-corrected chi connectivity index (χ4v) is 5.48. The Bertz CT molecular complexity index is 958. The number of benzene rings is 2. The number of thioether (sulfide) groups is 1. The van der Waals surface area contributed by atoms with Crippen molar-refractivity contribution in [2.24, 2.45) is 11.8 Å². The van der Waals surface area contributed by atoms with Crippen LogP contribution in [0.25, 0.3) is 0 Å². The minimum atomic E-state index is -1.58. The van der Waals surface area contributed by atoms with Crippen LogP contribution in [0.5, 0.6) is 0 Å². The number of hydrogen-bond donors (Lipinski definition) is 1. The van der Waals surface area contributed by atoms with Crippen LogP contribution in [-0.4, -0.2) is 11.2 Å². The van der Waals surface area contributed by atoms with E-state index in [9.17, 15) is 18.0 Å². The lowest BCUT2D eigenvalue weighted by Crippen LogP contribution is -2.25. The molecule has 3 atom stereocenters. The van der Waals surface area contributed by atoms with E-state index in [0.717, 1.165) is 36.3 Å². The van der Waals surface area contributed by atoms with E-state index < -0.39 is 23.4 Å². The molecule has 2 aromatic carbocycles. The molecule has 1 saturated carbocycles. The lowest BCUT2D eigenvalue weighted by molar-refractivity contribution is 0.102. The molecular formula is C23H23ClF3NOS. The lowest BCUT2D eigenvalue weighted by Gasteiger charge is -2.35. The van der Waals surface area contributed by atoms with Crippen LogP contribution in [0.4, 0.5) is 18.9 Å². The topological polar surface area (TPSA) is 29.1 Å². The number of allylic oxidation sites excluding steroid dienone is 1. The molecule has 1 aliphatic rings. The van der Waals surface area contributed by atoms with Crippen LogP contribution in [0.3, 0.4) is 0 Å². The van der Waals surface area contributed by atoms with Crippen LogP contribution < -0.4 is 5.32 Å². The summed E-state index contributed by atoms with van der Waals surface area (Å²) in [5.41, 5.74) is 1.44. The van der Waals surface area contributed by atoms with Gasteiger partial charge in [-0.3, -0.25) is 4.79 Å². The summed E-state index contributed by atoms with van der Waals surface area (Å²) in [5, 5.41) is 3.29. The molecule has 3 rings (SSSR count). The predicted molar refractivity (Wildman–Crippen MR) is 117 cm³/mol. The number of carbonyl (C=O) groups is 1. The number of amides is 1. The van der Waals surface area contributed by atoms with E-state index >= 15 is 0 Å². The third kappa shape index (κ3) is 5.03. The van der Waals surface area contributed by atoms with Gasteiger partial charge in [-0.25, -0.2) is 13.2 Å². The van der Waals surface area contributed by atoms with Gasteiger partial charge in [0.15, 0.2) is 17.5 Å². The minimum absolute atomic E-state index is 0.161. The zero-order chi connectivity index (χ0) is 22.0. The van der Waals surface area contributed by atoms with Gasteiger partial charge >= 0.3 is 0 Å². The summed E-state index contributed by atoms with van der Waals surface area (Å²) in [6, 6.07) is 6.32. The maximum Gasteiger partial charge on any atom is 0.255 e. The molecule has 0 saturated heterocycles. The van der Waals surface area contributed by atoms with Crippen LogP contribution in [-0.2, 0) is 0 Å². The molecule has 0 aliphatic heterocycles. The highest BCUT2D eigenvalue weighted by molar-refractivity contribution is 8.00. The van der Waals surface area contributed by atoms with Gasteiger partial charge in [0.05, 0.1) is 5.02 Å². The number of anilines is 1. The van der Waals surface area contributed by atoms with Gasteiger partial charge in [-0.05, 0) is 49.3 Å². The molecule has 2 aromatic rings. The second kappa shape index (κ2) is 9.48. The average molecular weight is 454 g/mol. The van der Waals surface area contributed by atoms with Gasteiger partial charge in [0, 0.05) is 33.5 Å². The summed E-state index contributed by atoms with van der Waals surface area (Å²) in [5.74, 6) is -3.97. The summed E-state index contributed by atoms with van der Waals surface area (Å²) in [6.07, 6.45) is 3.04. The van der Waals surface area contributed by atoms with Crippen LogP contribution in [0.2, 0.25) is 5.02 Å². The Labute approximate surface area is 183 Å². The molecule has 1 N–H and O–H groups in total. The van der Waals surface area contributed by atoms with Crippen molar-refractivity contribution in [1.82, 2.24) is 0 Å². The summed E-state index contributed by atoms with van der Waals surface area (Å²) in [4.78, 5) is 13.3. The Morgan fingerprint density at radius 3 is 2.50 bits per heavy atom. The molecule has 0 radical (unpaired) electrons. The van der Waals surface area contributed by atoms with E-state index in [1.165, 1.54) is 11.6 Å². The van der Waals surface area contributed by atoms with Gasteiger partial charge in [-0.2, -0.15) is 0 Å². The minimum Gasteiger partial charge on any atom is -0.322 e. The number of nitrogens with one attached hydrogen (secondary N) is 1. The highest BCUT2D eigenvalue weighted by Gasteiger charge is 2.29. The van der Waals surface area contributed by atoms with Crippen molar-refractivity contribution < 1.29 is 18.0 Å². The van der Waals surface area contributed by atoms with E-state index in [2.05, 4.69) is 25.7 Å². The SMILES string of the molecule is C=C1C(C)CC(Sc2cc(C(=O)Nc3cc(F)c(F)c(F)c3)ccc2Cl)CC1CC. The zero-order valence-corrected chi connectivity index (χ0v) is 18.3. The van der Waals surface area contributed by atoms with Gasteiger partial charge in [0.1, 0.15) is 0 Å². The number of halogens is 4. The fraction of sp³-hybridized carbons (Fsp3) is 0.348. The van der Waals surface area contributed by atoms with Crippen LogP contribution in [0, 0.1) is 29.3 Å². The normalized spacial score (nSPS) is 21.5. The quantitative estimate of drug-likeness (QED) is 0.375. The van der Waals surface area contributed by atoms with Gasteiger partial charge in [-0.1, -0.05) is 37.6 Å². The van der Waals surface area contributed by atoms with Crippen LogP contribution in [0.1, 0.15) is 43.5 Å². The molecular weight excluding hydrogens is 431 g/mol. The number of hydrogen-bond acceptors (Lipinski definition) is 2. The monoisotopic (exact) mass is 453 g/mol. The molecule has 3 unspecified atom stereocenters. The Hall–Kier alpha value is -1.92. The van der Waals surface area contributed by atoms with Gasteiger partial charge in [-0.15, -0.1) is 11.8 Å². The average Bonchev–Trinajstić information content (AvgIpc) is 2.70. The maximum atomic E-state index is 13.4. The van der Waals surface area contributed by atoms with Crippen molar-refractivity contribution in [2.45, 2.75) is 43.3 Å². The molecule has 0 aromatic heterocycles. The largest absolute Gasteiger partial charge is 0.322 e. The maximum absolute atomic E-state index is 13.4.